The molecular formula is C15H17NO3. The largest absolute Gasteiger partial charge is 0.468 e. The van der Waals surface area contributed by atoms with E-state index in [4.69, 9.17) is 0 Å². The summed E-state index contributed by atoms with van der Waals surface area (Å²) in [5.41, 5.74) is 3.67. The monoisotopic (exact) mass is 259 g/mol. The van der Waals surface area contributed by atoms with Crippen LogP contribution in [0.25, 0.3) is 10.9 Å². The van der Waals surface area contributed by atoms with Gasteiger partial charge in [-0.15, -0.1) is 0 Å². The Balaban J connectivity index is 2.83. The van der Waals surface area contributed by atoms with Crippen molar-refractivity contribution in [2.45, 2.75) is 27.3 Å². The first-order valence-electron chi connectivity index (χ1n) is 6.12. The van der Waals surface area contributed by atoms with Crippen LogP contribution in [-0.2, 0) is 16.1 Å². The second-order valence-electron chi connectivity index (χ2n) is 4.81. The molecule has 1 aromatic heterocycles. The molecule has 0 unspecified atom stereocenters. The van der Waals surface area contributed by atoms with Gasteiger partial charge in [0.1, 0.15) is 6.54 Å². The summed E-state index contributed by atoms with van der Waals surface area (Å²) < 4.78 is 6.13. The predicted octanol–water partition coefficient (Wildman–Crippen LogP) is 2.10. The molecule has 2 aromatic rings. The van der Waals surface area contributed by atoms with Crippen LogP contribution in [0.5, 0.6) is 0 Å². The van der Waals surface area contributed by atoms with E-state index in [1.165, 1.54) is 11.7 Å². The number of methoxy groups -OCH3 is 1. The molecule has 1 aromatic carbocycles. The van der Waals surface area contributed by atoms with Crippen molar-refractivity contribution < 1.29 is 9.53 Å². The summed E-state index contributed by atoms with van der Waals surface area (Å²) in [5, 5.41) is 1.00. The van der Waals surface area contributed by atoms with Crippen molar-refractivity contribution in [3.05, 3.63) is 45.2 Å². The van der Waals surface area contributed by atoms with Crippen LogP contribution in [0.4, 0.5) is 0 Å². The van der Waals surface area contributed by atoms with Crippen molar-refractivity contribution in [1.82, 2.24) is 4.57 Å². The van der Waals surface area contributed by atoms with Crippen molar-refractivity contribution in [2.24, 2.45) is 0 Å². The first kappa shape index (κ1) is 13.3. The lowest BCUT2D eigenvalue weighted by Gasteiger charge is -2.14. The highest BCUT2D eigenvalue weighted by Gasteiger charge is 2.12. The Hall–Kier alpha value is -2.10. The van der Waals surface area contributed by atoms with E-state index in [0.29, 0.717) is 0 Å². The number of carbonyl (C=O) groups is 1. The summed E-state index contributed by atoms with van der Waals surface area (Å²) in [6.45, 7) is 5.81. The topological polar surface area (TPSA) is 48.3 Å². The number of rotatable bonds is 2. The maximum atomic E-state index is 12.1. The van der Waals surface area contributed by atoms with Gasteiger partial charge in [0, 0.05) is 11.5 Å². The third-order valence-electron chi connectivity index (χ3n) is 3.26. The van der Waals surface area contributed by atoms with E-state index in [9.17, 15) is 9.59 Å². The molecule has 19 heavy (non-hydrogen) atoms. The Labute approximate surface area is 111 Å². The Morgan fingerprint density at radius 3 is 2.47 bits per heavy atom. The standard InChI is InChI=1S/C15H17NO3/c1-9-5-11(3)15-12(6-9)10(2)7-13(17)16(15)8-14(18)19-4/h5-7H,8H2,1-4H3. The maximum absolute atomic E-state index is 12.1. The molecule has 0 saturated heterocycles. The molecule has 0 spiro atoms. The molecule has 0 amide bonds. The van der Waals surface area contributed by atoms with Gasteiger partial charge in [-0.25, -0.2) is 0 Å². The quantitative estimate of drug-likeness (QED) is 0.776. The normalized spacial score (nSPS) is 10.7. The number of benzene rings is 1. The molecule has 2 rings (SSSR count). The Morgan fingerprint density at radius 1 is 1.16 bits per heavy atom. The number of pyridine rings is 1. The van der Waals surface area contributed by atoms with E-state index in [1.54, 1.807) is 6.07 Å². The number of aromatic nitrogens is 1. The van der Waals surface area contributed by atoms with Crippen LogP contribution in [0.1, 0.15) is 16.7 Å². The molecule has 0 radical (unpaired) electrons. The van der Waals surface area contributed by atoms with E-state index in [2.05, 4.69) is 4.74 Å². The fourth-order valence-electron chi connectivity index (χ4n) is 2.42. The average Bonchev–Trinajstić information content (AvgIpc) is 2.34. The van der Waals surface area contributed by atoms with Gasteiger partial charge < -0.3 is 4.74 Å². The molecule has 0 atom stereocenters. The van der Waals surface area contributed by atoms with Crippen LogP contribution in [0.15, 0.2) is 23.0 Å². The second kappa shape index (κ2) is 4.88. The van der Waals surface area contributed by atoms with Crippen LogP contribution in [0.3, 0.4) is 0 Å². The van der Waals surface area contributed by atoms with Gasteiger partial charge in [0.2, 0.25) is 0 Å². The SMILES string of the molecule is COC(=O)Cn1c(=O)cc(C)c2cc(C)cc(C)c21. The Morgan fingerprint density at radius 2 is 1.84 bits per heavy atom. The number of hydrogen-bond donors (Lipinski definition) is 0. The summed E-state index contributed by atoms with van der Waals surface area (Å²) in [7, 11) is 1.32. The van der Waals surface area contributed by atoms with Crippen LogP contribution in [0, 0.1) is 20.8 Å². The molecule has 100 valence electrons. The lowest BCUT2D eigenvalue weighted by Crippen LogP contribution is -2.25. The number of fused-ring (bicyclic) bond motifs is 1. The first-order valence-corrected chi connectivity index (χ1v) is 6.12. The zero-order chi connectivity index (χ0) is 14.2. The summed E-state index contributed by atoms with van der Waals surface area (Å²) in [5.74, 6) is -0.424. The number of carbonyl (C=O) groups excluding carboxylic acids is 1. The zero-order valence-electron chi connectivity index (χ0n) is 11.6. The van der Waals surface area contributed by atoms with Crippen molar-refractivity contribution >= 4 is 16.9 Å². The molecule has 0 N–H and O–H groups in total. The molecule has 0 fully saturated rings. The number of aryl methyl sites for hydroxylation is 3. The van der Waals surface area contributed by atoms with Gasteiger partial charge in [0.15, 0.2) is 0 Å². The van der Waals surface area contributed by atoms with Gasteiger partial charge in [-0.3, -0.25) is 14.2 Å². The molecule has 4 nitrogen and oxygen atoms in total. The second-order valence-corrected chi connectivity index (χ2v) is 4.81. The van der Waals surface area contributed by atoms with Gasteiger partial charge in [0.25, 0.3) is 5.56 Å². The molecule has 0 aliphatic carbocycles. The van der Waals surface area contributed by atoms with Crippen LogP contribution in [-0.4, -0.2) is 17.6 Å². The van der Waals surface area contributed by atoms with Gasteiger partial charge in [-0.05, 0) is 38.0 Å². The van der Waals surface area contributed by atoms with Gasteiger partial charge in [0.05, 0.1) is 12.6 Å². The van der Waals surface area contributed by atoms with E-state index in [-0.39, 0.29) is 12.1 Å². The smallest absolute Gasteiger partial charge is 0.325 e. The molecule has 0 aliphatic rings. The summed E-state index contributed by atoms with van der Waals surface area (Å²) in [6.07, 6.45) is 0. The lowest BCUT2D eigenvalue weighted by atomic mass is 10.0. The van der Waals surface area contributed by atoms with Gasteiger partial charge in [-0.2, -0.15) is 0 Å². The minimum atomic E-state index is -0.424. The highest BCUT2D eigenvalue weighted by atomic mass is 16.5. The van der Waals surface area contributed by atoms with Crippen LogP contribution in [0.2, 0.25) is 0 Å². The third-order valence-corrected chi connectivity index (χ3v) is 3.26. The van der Waals surface area contributed by atoms with Crippen molar-refractivity contribution in [3.8, 4) is 0 Å². The molecule has 0 bridgehead atoms. The van der Waals surface area contributed by atoms with E-state index in [0.717, 1.165) is 27.6 Å². The predicted molar refractivity (Wildman–Crippen MR) is 74.4 cm³/mol. The fraction of sp³-hybridized carbons (Fsp3) is 0.333. The fourth-order valence-corrected chi connectivity index (χ4v) is 2.42. The first-order chi connectivity index (χ1) is 8.93. The summed E-state index contributed by atoms with van der Waals surface area (Å²) in [4.78, 5) is 23.6. The third kappa shape index (κ3) is 2.38. The van der Waals surface area contributed by atoms with Gasteiger partial charge in [-0.1, -0.05) is 11.6 Å². The molecule has 4 heteroatoms. The zero-order valence-corrected chi connectivity index (χ0v) is 11.6. The Bertz CT molecular complexity index is 713. The van der Waals surface area contributed by atoms with Crippen LogP contribution >= 0.6 is 0 Å². The summed E-state index contributed by atoms with van der Waals surface area (Å²) >= 11 is 0. The van der Waals surface area contributed by atoms with E-state index < -0.39 is 5.97 Å². The average molecular weight is 259 g/mol. The number of esters is 1. The highest BCUT2D eigenvalue weighted by molar-refractivity contribution is 5.87. The minimum Gasteiger partial charge on any atom is -0.468 e. The lowest BCUT2D eigenvalue weighted by molar-refractivity contribution is -0.141. The number of hydrogen-bond acceptors (Lipinski definition) is 3. The highest BCUT2D eigenvalue weighted by Crippen LogP contribution is 2.22. The molecular weight excluding hydrogens is 242 g/mol. The summed E-state index contributed by atoms with van der Waals surface area (Å²) in [6, 6.07) is 5.60. The number of ether oxygens (including phenoxy) is 1. The van der Waals surface area contributed by atoms with Crippen molar-refractivity contribution in [1.29, 1.82) is 0 Å². The van der Waals surface area contributed by atoms with E-state index in [1.807, 2.05) is 32.9 Å². The van der Waals surface area contributed by atoms with Crippen molar-refractivity contribution in [3.63, 3.8) is 0 Å². The van der Waals surface area contributed by atoms with Gasteiger partial charge >= 0.3 is 5.97 Å². The van der Waals surface area contributed by atoms with Crippen LogP contribution < -0.4 is 5.56 Å². The maximum Gasteiger partial charge on any atom is 0.325 e. The number of nitrogens with zero attached hydrogens (tertiary/aromatic N) is 1. The molecule has 0 aliphatic heterocycles. The Kier molecular flexibility index (Phi) is 3.42. The molecule has 0 saturated carbocycles. The minimum absolute atomic E-state index is 0.0595. The van der Waals surface area contributed by atoms with Crippen molar-refractivity contribution in [2.75, 3.05) is 7.11 Å². The molecule has 1 heterocycles. The van der Waals surface area contributed by atoms with E-state index >= 15 is 0 Å².